The van der Waals surface area contributed by atoms with Crippen LogP contribution in [0.3, 0.4) is 0 Å². The summed E-state index contributed by atoms with van der Waals surface area (Å²) in [7, 11) is -4.25. The Balaban J connectivity index is 1.57. The summed E-state index contributed by atoms with van der Waals surface area (Å²) < 4.78 is 56.7. The Morgan fingerprint density at radius 3 is 2.07 bits per heavy atom. The van der Waals surface area contributed by atoms with Gasteiger partial charge in [-0.2, -0.15) is 9.40 Å². The van der Waals surface area contributed by atoms with Gasteiger partial charge in [-0.15, -0.1) is 0 Å². The zero-order chi connectivity index (χ0) is 21.5. The molecule has 1 fully saturated rings. The van der Waals surface area contributed by atoms with Gasteiger partial charge < -0.3 is 4.90 Å². The average Bonchev–Trinajstić information content (AvgIpc) is 3.02. The molecule has 158 valence electrons. The molecule has 0 atom stereocenters. The Hall–Kier alpha value is -2.78. The maximum absolute atomic E-state index is 14.0. The molecule has 9 heteroatoms. The first kappa shape index (κ1) is 20.5. The lowest BCUT2D eigenvalue weighted by molar-refractivity contribution is 0.378. The summed E-state index contributed by atoms with van der Waals surface area (Å²) in [6.07, 6.45) is 0. The first-order valence-corrected chi connectivity index (χ1v) is 11.1. The van der Waals surface area contributed by atoms with Gasteiger partial charge in [-0.25, -0.2) is 21.9 Å². The SMILES string of the molecule is Cc1nn(-c2ccccc2)c(C)c1N1CCN(S(=O)(=O)c2c(F)cccc2F)CC1. The highest BCUT2D eigenvalue weighted by molar-refractivity contribution is 7.89. The molecule has 0 radical (unpaired) electrons. The fraction of sp³-hybridized carbons (Fsp3) is 0.286. The first-order valence-electron chi connectivity index (χ1n) is 9.61. The van der Waals surface area contributed by atoms with E-state index in [1.807, 2.05) is 48.9 Å². The molecule has 2 heterocycles. The lowest BCUT2D eigenvalue weighted by Gasteiger charge is -2.35. The van der Waals surface area contributed by atoms with E-state index in [0.29, 0.717) is 13.1 Å². The van der Waals surface area contributed by atoms with Crippen molar-refractivity contribution in [1.82, 2.24) is 14.1 Å². The predicted molar refractivity (Wildman–Crippen MR) is 110 cm³/mol. The van der Waals surface area contributed by atoms with E-state index in [1.165, 1.54) is 0 Å². The minimum Gasteiger partial charge on any atom is -0.366 e. The summed E-state index contributed by atoms with van der Waals surface area (Å²) in [6, 6.07) is 12.8. The zero-order valence-corrected chi connectivity index (χ0v) is 17.5. The largest absolute Gasteiger partial charge is 0.366 e. The Kier molecular flexibility index (Phi) is 5.33. The fourth-order valence-corrected chi connectivity index (χ4v) is 5.45. The minimum atomic E-state index is -4.25. The number of aromatic nitrogens is 2. The third kappa shape index (κ3) is 3.48. The van der Waals surface area contributed by atoms with E-state index in [4.69, 9.17) is 0 Å². The molecular formula is C21H22F2N4O2S. The number of nitrogens with zero attached hydrogens (tertiary/aromatic N) is 4. The highest BCUT2D eigenvalue weighted by Gasteiger charge is 2.34. The van der Waals surface area contributed by atoms with Crippen molar-refractivity contribution >= 4 is 15.7 Å². The fourth-order valence-electron chi connectivity index (χ4n) is 3.92. The monoisotopic (exact) mass is 432 g/mol. The summed E-state index contributed by atoms with van der Waals surface area (Å²) in [6.45, 7) is 4.95. The van der Waals surface area contributed by atoms with E-state index in [2.05, 4.69) is 10.00 Å². The molecule has 3 aromatic rings. The molecule has 0 unspecified atom stereocenters. The second-order valence-corrected chi connectivity index (χ2v) is 9.08. The third-order valence-corrected chi connectivity index (χ3v) is 7.28. The highest BCUT2D eigenvalue weighted by atomic mass is 32.2. The van der Waals surface area contributed by atoms with Crippen molar-refractivity contribution < 1.29 is 17.2 Å². The van der Waals surface area contributed by atoms with Crippen molar-refractivity contribution in [3.05, 3.63) is 71.6 Å². The van der Waals surface area contributed by atoms with Gasteiger partial charge in [0.15, 0.2) is 4.90 Å². The van der Waals surface area contributed by atoms with Crippen molar-refractivity contribution in [2.45, 2.75) is 18.7 Å². The number of para-hydroxylation sites is 1. The van der Waals surface area contributed by atoms with Crippen molar-refractivity contribution in [2.24, 2.45) is 0 Å². The number of halogens is 2. The maximum atomic E-state index is 14.0. The van der Waals surface area contributed by atoms with Crippen molar-refractivity contribution in [2.75, 3.05) is 31.1 Å². The van der Waals surface area contributed by atoms with E-state index in [0.717, 1.165) is 45.3 Å². The molecule has 0 aliphatic carbocycles. The number of rotatable bonds is 4. The van der Waals surface area contributed by atoms with E-state index in [9.17, 15) is 17.2 Å². The van der Waals surface area contributed by atoms with Gasteiger partial charge in [-0.3, -0.25) is 0 Å². The van der Waals surface area contributed by atoms with Gasteiger partial charge in [0.25, 0.3) is 0 Å². The molecule has 30 heavy (non-hydrogen) atoms. The van der Waals surface area contributed by atoms with Crippen LogP contribution in [0.1, 0.15) is 11.4 Å². The van der Waals surface area contributed by atoms with Crippen LogP contribution in [0.5, 0.6) is 0 Å². The number of piperazine rings is 1. The van der Waals surface area contributed by atoms with Crippen LogP contribution in [0, 0.1) is 25.5 Å². The van der Waals surface area contributed by atoms with Crippen LogP contribution in [0.2, 0.25) is 0 Å². The Morgan fingerprint density at radius 2 is 1.47 bits per heavy atom. The Labute approximate surface area is 174 Å². The first-order chi connectivity index (χ1) is 14.3. The summed E-state index contributed by atoms with van der Waals surface area (Å²) in [5, 5.41) is 4.64. The van der Waals surface area contributed by atoms with Crippen LogP contribution in [0.15, 0.2) is 53.4 Å². The molecule has 2 aromatic carbocycles. The number of benzene rings is 2. The Morgan fingerprint density at radius 1 is 0.867 bits per heavy atom. The van der Waals surface area contributed by atoms with Crippen LogP contribution in [-0.4, -0.2) is 48.7 Å². The minimum absolute atomic E-state index is 0.130. The number of sulfonamides is 1. The van der Waals surface area contributed by atoms with Gasteiger partial charge in [-0.1, -0.05) is 24.3 Å². The molecule has 1 aliphatic rings. The summed E-state index contributed by atoms with van der Waals surface area (Å²) in [5.74, 6) is -2.15. The van der Waals surface area contributed by atoms with Crippen molar-refractivity contribution in [3.8, 4) is 5.69 Å². The van der Waals surface area contributed by atoms with Gasteiger partial charge in [0.1, 0.15) is 11.6 Å². The molecule has 1 saturated heterocycles. The summed E-state index contributed by atoms with van der Waals surface area (Å²) >= 11 is 0. The quantitative estimate of drug-likeness (QED) is 0.635. The third-order valence-electron chi connectivity index (χ3n) is 5.33. The van der Waals surface area contributed by atoms with E-state index >= 15 is 0 Å². The van der Waals surface area contributed by atoms with Crippen LogP contribution in [0.25, 0.3) is 5.69 Å². The van der Waals surface area contributed by atoms with E-state index in [1.54, 1.807) is 0 Å². The van der Waals surface area contributed by atoms with Crippen LogP contribution >= 0.6 is 0 Å². The van der Waals surface area contributed by atoms with Gasteiger partial charge in [0, 0.05) is 26.2 Å². The van der Waals surface area contributed by atoms with Gasteiger partial charge in [-0.05, 0) is 38.1 Å². The molecule has 0 amide bonds. The predicted octanol–water partition coefficient (Wildman–Crippen LogP) is 3.28. The lowest BCUT2D eigenvalue weighted by Crippen LogP contribution is -2.49. The standard InChI is InChI=1S/C21H22F2N4O2S/c1-15-20(16(2)27(24-15)17-7-4-3-5-8-17)25-11-13-26(14-12-25)30(28,29)21-18(22)9-6-10-19(21)23/h3-10H,11-14H2,1-2H3. The highest BCUT2D eigenvalue weighted by Crippen LogP contribution is 2.29. The maximum Gasteiger partial charge on any atom is 0.249 e. The normalized spacial score (nSPS) is 15.5. The molecular weight excluding hydrogens is 410 g/mol. The number of aryl methyl sites for hydroxylation is 1. The molecule has 1 aromatic heterocycles. The second kappa shape index (κ2) is 7.81. The molecule has 4 rings (SSSR count). The number of anilines is 1. The summed E-state index contributed by atoms with van der Waals surface area (Å²) in [5.41, 5.74) is 3.69. The smallest absolute Gasteiger partial charge is 0.249 e. The van der Waals surface area contributed by atoms with E-state index in [-0.39, 0.29) is 13.1 Å². The molecule has 6 nitrogen and oxygen atoms in total. The van der Waals surface area contributed by atoms with Gasteiger partial charge in [0.05, 0.1) is 22.8 Å². The molecule has 0 spiro atoms. The number of hydrogen-bond acceptors (Lipinski definition) is 4. The molecule has 1 aliphatic heterocycles. The van der Waals surface area contributed by atoms with Crippen LogP contribution < -0.4 is 4.90 Å². The lowest BCUT2D eigenvalue weighted by atomic mass is 10.2. The average molecular weight is 432 g/mol. The topological polar surface area (TPSA) is 58.4 Å². The van der Waals surface area contributed by atoms with Crippen molar-refractivity contribution in [1.29, 1.82) is 0 Å². The molecule has 0 N–H and O–H groups in total. The summed E-state index contributed by atoms with van der Waals surface area (Å²) in [4.78, 5) is 1.18. The second-order valence-electron chi connectivity index (χ2n) is 7.21. The van der Waals surface area contributed by atoms with Gasteiger partial charge >= 0.3 is 0 Å². The van der Waals surface area contributed by atoms with Crippen LogP contribution in [0.4, 0.5) is 14.5 Å². The molecule has 0 saturated carbocycles. The zero-order valence-electron chi connectivity index (χ0n) is 16.7. The van der Waals surface area contributed by atoms with Gasteiger partial charge in [0.2, 0.25) is 10.0 Å². The van der Waals surface area contributed by atoms with E-state index < -0.39 is 26.6 Å². The van der Waals surface area contributed by atoms with Crippen LogP contribution in [-0.2, 0) is 10.0 Å². The molecule has 0 bridgehead atoms. The Bertz CT molecular complexity index is 1150. The van der Waals surface area contributed by atoms with Crippen molar-refractivity contribution in [3.63, 3.8) is 0 Å². The number of hydrogen-bond donors (Lipinski definition) is 0.